The largest absolute Gasteiger partial charge is 0.461 e. The highest BCUT2D eigenvalue weighted by Crippen LogP contribution is 2.26. The number of fused-ring (bicyclic) bond motifs is 1. The van der Waals surface area contributed by atoms with Crippen LogP contribution in [0.3, 0.4) is 0 Å². The van der Waals surface area contributed by atoms with Crippen LogP contribution in [0.4, 0.5) is 0 Å². The molecule has 0 unspecified atom stereocenters. The van der Waals surface area contributed by atoms with E-state index in [4.69, 9.17) is 14.3 Å². The molecule has 0 atom stereocenters. The first-order valence-electron chi connectivity index (χ1n) is 10.4. The maximum atomic E-state index is 12.6. The molecule has 1 aliphatic heterocycles. The summed E-state index contributed by atoms with van der Waals surface area (Å²) < 4.78 is 11.2. The molecule has 3 heterocycles. The maximum absolute atomic E-state index is 12.6. The van der Waals surface area contributed by atoms with E-state index in [1.165, 1.54) is 0 Å². The molecular formula is C23H27N3O4. The highest BCUT2D eigenvalue weighted by atomic mass is 16.5. The third-order valence-corrected chi connectivity index (χ3v) is 5.23. The van der Waals surface area contributed by atoms with E-state index in [1.54, 1.807) is 11.1 Å². The van der Waals surface area contributed by atoms with Gasteiger partial charge in [0.15, 0.2) is 0 Å². The third-order valence-electron chi connectivity index (χ3n) is 5.23. The van der Waals surface area contributed by atoms with Gasteiger partial charge in [-0.05, 0) is 49.4 Å². The van der Waals surface area contributed by atoms with Gasteiger partial charge < -0.3 is 24.5 Å². The summed E-state index contributed by atoms with van der Waals surface area (Å²) in [5.41, 5.74) is 3.26. The number of hydrogen-bond acceptors (Lipinski definition) is 6. The number of aliphatic hydroxyl groups excluding tert-OH is 1. The van der Waals surface area contributed by atoms with Crippen molar-refractivity contribution in [1.82, 2.24) is 15.2 Å². The molecular weight excluding hydrogens is 382 g/mol. The topological polar surface area (TPSA) is 87.8 Å². The van der Waals surface area contributed by atoms with Gasteiger partial charge in [-0.25, -0.2) is 0 Å². The summed E-state index contributed by atoms with van der Waals surface area (Å²) in [7, 11) is 0. The van der Waals surface area contributed by atoms with E-state index in [1.807, 2.05) is 24.3 Å². The van der Waals surface area contributed by atoms with E-state index < -0.39 is 0 Å². The Bertz CT molecular complexity index is 978. The molecule has 0 bridgehead atoms. The number of nitrogens with one attached hydrogen (secondary N) is 1. The van der Waals surface area contributed by atoms with Crippen molar-refractivity contribution in [3.8, 4) is 11.3 Å². The zero-order valence-electron chi connectivity index (χ0n) is 17.0. The predicted octanol–water partition coefficient (Wildman–Crippen LogP) is 2.48. The van der Waals surface area contributed by atoms with Crippen LogP contribution in [0.5, 0.6) is 0 Å². The lowest BCUT2D eigenvalue weighted by Crippen LogP contribution is -2.40. The van der Waals surface area contributed by atoms with Gasteiger partial charge in [-0.2, -0.15) is 0 Å². The molecule has 0 spiro atoms. The molecule has 2 aromatic heterocycles. The molecule has 2 N–H and O–H groups in total. The van der Waals surface area contributed by atoms with Crippen molar-refractivity contribution in [1.29, 1.82) is 0 Å². The van der Waals surface area contributed by atoms with Crippen molar-refractivity contribution in [3.63, 3.8) is 0 Å². The first-order valence-corrected chi connectivity index (χ1v) is 10.4. The Morgan fingerprint density at radius 1 is 1.13 bits per heavy atom. The van der Waals surface area contributed by atoms with E-state index in [2.05, 4.69) is 22.4 Å². The maximum Gasteiger partial charge on any atom is 0.255 e. The lowest BCUT2D eigenvalue weighted by Gasteiger charge is -2.26. The van der Waals surface area contributed by atoms with Crippen molar-refractivity contribution in [3.05, 3.63) is 53.9 Å². The van der Waals surface area contributed by atoms with Gasteiger partial charge >= 0.3 is 0 Å². The number of aromatic nitrogens is 1. The average molecular weight is 409 g/mol. The van der Waals surface area contributed by atoms with Gasteiger partial charge in [0.25, 0.3) is 5.91 Å². The molecule has 4 rings (SSSR count). The van der Waals surface area contributed by atoms with Crippen LogP contribution in [0, 0.1) is 0 Å². The van der Waals surface area contributed by atoms with Crippen LogP contribution in [-0.4, -0.2) is 66.9 Å². The Labute approximate surface area is 175 Å². The van der Waals surface area contributed by atoms with Crippen LogP contribution in [0.15, 0.2) is 47.0 Å². The second-order valence-electron chi connectivity index (χ2n) is 7.38. The number of hydrogen-bond donors (Lipinski definition) is 2. The highest BCUT2D eigenvalue weighted by Gasteiger charge is 2.18. The molecule has 3 aromatic rings. The quantitative estimate of drug-likeness (QED) is 0.556. The molecule has 1 saturated heterocycles. The molecule has 7 heteroatoms. The minimum atomic E-state index is -0.000114. The Morgan fingerprint density at radius 2 is 2.00 bits per heavy atom. The van der Waals surface area contributed by atoms with Gasteiger partial charge in [-0.1, -0.05) is 0 Å². The second kappa shape index (κ2) is 9.84. The molecule has 0 aliphatic carbocycles. The van der Waals surface area contributed by atoms with Gasteiger partial charge in [0.05, 0.1) is 24.5 Å². The molecule has 1 aliphatic rings. The first-order chi connectivity index (χ1) is 14.7. The number of nitrogens with zero attached hydrogens (tertiary/aromatic N) is 2. The van der Waals surface area contributed by atoms with Crippen molar-refractivity contribution in [2.45, 2.75) is 12.8 Å². The number of morpholine rings is 1. The van der Waals surface area contributed by atoms with Crippen LogP contribution in [-0.2, 0) is 11.2 Å². The minimum absolute atomic E-state index is 0.000114. The van der Waals surface area contributed by atoms with E-state index in [0.29, 0.717) is 31.9 Å². The second-order valence-corrected chi connectivity index (χ2v) is 7.38. The van der Waals surface area contributed by atoms with Crippen LogP contribution >= 0.6 is 0 Å². The minimum Gasteiger partial charge on any atom is -0.461 e. The Kier molecular flexibility index (Phi) is 6.74. The van der Waals surface area contributed by atoms with Gasteiger partial charge in [-0.15, -0.1) is 0 Å². The van der Waals surface area contributed by atoms with E-state index in [0.717, 1.165) is 53.9 Å². The standard InChI is InChI=1S/C23H27N3O4/c27-11-1-7-24-8-6-20-15-19-14-17(3-5-22(19)30-20)21-4-2-18(16-25-21)23(28)26-9-12-29-13-10-26/h2-5,14-16,24,27H,1,6-13H2. The number of ether oxygens (including phenoxy) is 1. The zero-order valence-corrected chi connectivity index (χ0v) is 17.0. The van der Waals surface area contributed by atoms with Gasteiger partial charge in [-0.3, -0.25) is 9.78 Å². The van der Waals surface area contributed by atoms with Crippen molar-refractivity contribution in [2.75, 3.05) is 46.0 Å². The monoisotopic (exact) mass is 409 g/mol. The molecule has 7 nitrogen and oxygen atoms in total. The van der Waals surface area contributed by atoms with Gasteiger partial charge in [0, 0.05) is 49.8 Å². The Morgan fingerprint density at radius 3 is 2.77 bits per heavy atom. The van der Waals surface area contributed by atoms with Gasteiger partial charge in [0.2, 0.25) is 0 Å². The summed E-state index contributed by atoms with van der Waals surface area (Å²) in [5.74, 6) is 0.929. The summed E-state index contributed by atoms with van der Waals surface area (Å²) in [6.07, 6.45) is 3.20. The number of furan rings is 1. The summed E-state index contributed by atoms with van der Waals surface area (Å²) >= 11 is 0. The van der Waals surface area contributed by atoms with Crippen LogP contribution in [0.2, 0.25) is 0 Å². The zero-order chi connectivity index (χ0) is 20.8. The highest BCUT2D eigenvalue weighted by molar-refractivity contribution is 5.94. The van der Waals surface area contributed by atoms with Gasteiger partial charge in [0.1, 0.15) is 11.3 Å². The summed E-state index contributed by atoms with van der Waals surface area (Å²) in [6.45, 7) is 4.24. The normalized spacial score (nSPS) is 14.4. The Hall–Kier alpha value is -2.74. The van der Waals surface area contributed by atoms with Crippen LogP contribution in [0.25, 0.3) is 22.2 Å². The predicted molar refractivity (Wildman–Crippen MR) is 114 cm³/mol. The average Bonchev–Trinajstić information content (AvgIpc) is 3.21. The lowest BCUT2D eigenvalue weighted by molar-refractivity contribution is 0.0302. The molecule has 1 aromatic carbocycles. The summed E-state index contributed by atoms with van der Waals surface area (Å²) in [5, 5.41) is 13.1. The smallest absolute Gasteiger partial charge is 0.255 e. The number of rotatable bonds is 8. The molecule has 1 amide bonds. The summed E-state index contributed by atoms with van der Waals surface area (Å²) in [4.78, 5) is 18.9. The molecule has 30 heavy (non-hydrogen) atoms. The molecule has 0 saturated carbocycles. The molecule has 1 fully saturated rings. The number of carbonyl (C=O) groups excluding carboxylic acids is 1. The number of benzene rings is 1. The van der Waals surface area contributed by atoms with Crippen molar-refractivity contribution in [2.24, 2.45) is 0 Å². The first kappa shape index (κ1) is 20.5. The van der Waals surface area contributed by atoms with E-state index in [9.17, 15) is 4.79 Å². The fraction of sp³-hybridized carbons (Fsp3) is 0.391. The number of amides is 1. The molecule has 158 valence electrons. The van der Waals surface area contributed by atoms with Crippen molar-refractivity contribution < 1.29 is 19.1 Å². The lowest BCUT2D eigenvalue weighted by atomic mass is 10.1. The number of aliphatic hydroxyl groups is 1. The van der Waals surface area contributed by atoms with Crippen molar-refractivity contribution >= 4 is 16.9 Å². The fourth-order valence-electron chi connectivity index (χ4n) is 3.56. The Balaban J connectivity index is 1.43. The van der Waals surface area contributed by atoms with E-state index >= 15 is 0 Å². The fourth-order valence-corrected chi connectivity index (χ4v) is 3.56. The van der Waals surface area contributed by atoms with Crippen LogP contribution < -0.4 is 5.32 Å². The molecule has 0 radical (unpaired) electrons. The van der Waals surface area contributed by atoms with Crippen LogP contribution in [0.1, 0.15) is 22.5 Å². The number of carbonyl (C=O) groups is 1. The van der Waals surface area contributed by atoms with E-state index in [-0.39, 0.29) is 12.5 Å². The SMILES string of the molecule is O=C(c1ccc(-c2ccc3oc(CCNCCCO)cc3c2)nc1)N1CCOCC1. The summed E-state index contributed by atoms with van der Waals surface area (Å²) in [6, 6.07) is 11.8. The number of pyridine rings is 1. The third kappa shape index (κ3) is 4.87.